The number of carbonyl (C=O) groups excluding carboxylic acids is 1. The van der Waals surface area contributed by atoms with Crippen molar-refractivity contribution in [2.45, 2.75) is 6.42 Å². The fourth-order valence-electron chi connectivity index (χ4n) is 1.74. The van der Waals surface area contributed by atoms with Crippen molar-refractivity contribution in [1.82, 2.24) is 4.98 Å². The summed E-state index contributed by atoms with van der Waals surface area (Å²) in [7, 11) is 0. The van der Waals surface area contributed by atoms with Gasteiger partial charge in [0.1, 0.15) is 5.69 Å². The third-order valence-corrected chi connectivity index (χ3v) is 2.58. The second kappa shape index (κ2) is 3.73. The summed E-state index contributed by atoms with van der Waals surface area (Å²) >= 11 is 0. The highest BCUT2D eigenvalue weighted by Crippen LogP contribution is 2.22. The molecule has 1 aromatic heterocycles. The van der Waals surface area contributed by atoms with Crippen LogP contribution < -0.4 is 10.3 Å². The number of hydrogen-bond acceptors (Lipinski definition) is 2. The van der Waals surface area contributed by atoms with Gasteiger partial charge in [-0.1, -0.05) is 6.08 Å². The maximum Gasteiger partial charge on any atom is 0.227 e. The summed E-state index contributed by atoms with van der Waals surface area (Å²) < 4.78 is 0. The van der Waals surface area contributed by atoms with Crippen molar-refractivity contribution < 1.29 is 4.79 Å². The van der Waals surface area contributed by atoms with E-state index in [0.717, 1.165) is 0 Å². The molecule has 1 N–H and O–H groups in total. The van der Waals surface area contributed by atoms with E-state index >= 15 is 0 Å². The zero-order valence-corrected chi connectivity index (χ0v) is 8.27. The Morgan fingerprint density at radius 3 is 2.93 bits per heavy atom. The van der Waals surface area contributed by atoms with Crippen LogP contribution in [0.3, 0.4) is 0 Å². The van der Waals surface area contributed by atoms with Crippen molar-refractivity contribution in [1.29, 1.82) is 0 Å². The van der Waals surface area contributed by atoms with Crippen molar-refractivity contribution in [2.75, 3.05) is 11.4 Å². The van der Waals surface area contributed by atoms with Crippen LogP contribution in [0.15, 0.2) is 35.9 Å². The average Bonchev–Trinajstić information content (AvgIpc) is 2.60. The van der Waals surface area contributed by atoms with Crippen LogP contribution in [-0.4, -0.2) is 17.4 Å². The number of H-pyrrole nitrogens is 1. The lowest BCUT2D eigenvalue weighted by atomic mass is 10.1. The highest BCUT2D eigenvalue weighted by Gasteiger charge is 2.29. The first-order valence-electron chi connectivity index (χ1n) is 4.82. The molecular weight excluding hydrogens is 192 g/mol. The number of nitrogens with one attached hydrogen (secondary N) is 1. The molecule has 1 fully saturated rings. The molecule has 0 radical (unpaired) electrons. The summed E-state index contributed by atoms with van der Waals surface area (Å²) in [5.74, 6) is 0.133. The second-order valence-corrected chi connectivity index (χ2v) is 3.60. The van der Waals surface area contributed by atoms with Gasteiger partial charge in [0.15, 0.2) is 0 Å². The van der Waals surface area contributed by atoms with E-state index in [0.29, 0.717) is 18.7 Å². The van der Waals surface area contributed by atoms with Crippen LogP contribution in [0.5, 0.6) is 0 Å². The number of nitrogens with zero attached hydrogens (tertiary/aromatic N) is 1. The first-order chi connectivity index (χ1) is 7.22. The predicted molar refractivity (Wildman–Crippen MR) is 57.7 cm³/mol. The number of hydrogen-bond donors (Lipinski definition) is 1. The molecule has 0 spiro atoms. The molecule has 1 atom stereocenters. The molecule has 2 heterocycles. The van der Waals surface area contributed by atoms with Gasteiger partial charge in [0.2, 0.25) is 11.3 Å². The third-order valence-electron chi connectivity index (χ3n) is 2.58. The molecule has 0 bridgehead atoms. The number of rotatable bonds is 2. The lowest BCUT2D eigenvalue weighted by molar-refractivity contribution is -0.117. The Balaban J connectivity index is 2.33. The molecule has 4 heteroatoms. The van der Waals surface area contributed by atoms with Crippen molar-refractivity contribution >= 4 is 11.6 Å². The fraction of sp³-hybridized carbons (Fsp3) is 0.273. The van der Waals surface area contributed by atoms with Crippen molar-refractivity contribution in [3.05, 3.63) is 41.3 Å². The number of anilines is 1. The standard InChI is InChI=1S/C11H12N2O2/c1-2-8-5-11(15)13(7-8)9-6-12-4-3-10(9)14/h2-4,6,8H,1,5,7H2,(H,12,14). The molecule has 15 heavy (non-hydrogen) atoms. The van der Waals surface area contributed by atoms with Gasteiger partial charge in [-0.2, -0.15) is 0 Å². The Bertz CT molecular complexity index is 450. The van der Waals surface area contributed by atoms with Gasteiger partial charge in [-0.25, -0.2) is 0 Å². The molecule has 1 saturated heterocycles. The highest BCUT2D eigenvalue weighted by atomic mass is 16.2. The van der Waals surface area contributed by atoms with Crippen LogP contribution in [-0.2, 0) is 4.79 Å². The third kappa shape index (κ3) is 1.70. The Labute approximate surface area is 87.2 Å². The van der Waals surface area contributed by atoms with Crippen LogP contribution in [0.25, 0.3) is 0 Å². The summed E-state index contributed by atoms with van der Waals surface area (Å²) in [6, 6.07) is 1.42. The van der Waals surface area contributed by atoms with Gasteiger partial charge in [-0.3, -0.25) is 9.59 Å². The Morgan fingerprint density at radius 1 is 1.53 bits per heavy atom. The normalized spacial score (nSPS) is 20.7. The van der Waals surface area contributed by atoms with Crippen LogP contribution in [0.4, 0.5) is 5.69 Å². The SMILES string of the molecule is C=CC1CC(=O)N(c2c[nH]ccc2=O)C1. The van der Waals surface area contributed by atoms with Gasteiger partial charge in [-0.15, -0.1) is 6.58 Å². The van der Waals surface area contributed by atoms with Gasteiger partial charge in [0, 0.05) is 37.3 Å². The van der Waals surface area contributed by atoms with E-state index in [2.05, 4.69) is 11.6 Å². The molecule has 1 amide bonds. The van der Waals surface area contributed by atoms with Crippen LogP contribution in [0, 0.1) is 5.92 Å². The Hall–Kier alpha value is -1.84. The zero-order chi connectivity index (χ0) is 10.8. The lowest BCUT2D eigenvalue weighted by Gasteiger charge is -2.14. The smallest absolute Gasteiger partial charge is 0.227 e. The maximum absolute atomic E-state index is 11.6. The van der Waals surface area contributed by atoms with Crippen LogP contribution in [0.2, 0.25) is 0 Å². The minimum Gasteiger partial charge on any atom is -0.366 e. The van der Waals surface area contributed by atoms with Crippen LogP contribution >= 0.6 is 0 Å². The molecule has 0 aromatic carbocycles. The first-order valence-corrected chi connectivity index (χ1v) is 4.82. The van der Waals surface area contributed by atoms with E-state index in [1.54, 1.807) is 18.5 Å². The van der Waals surface area contributed by atoms with Gasteiger partial charge in [0.05, 0.1) is 0 Å². The largest absolute Gasteiger partial charge is 0.366 e. The van der Waals surface area contributed by atoms with E-state index in [1.807, 2.05) is 0 Å². The summed E-state index contributed by atoms with van der Waals surface area (Å²) in [6.07, 6.45) is 5.32. The molecule has 1 aliphatic rings. The number of pyridine rings is 1. The summed E-state index contributed by atoms with van der Waals surface area (Å²) in [5, 5.41) is 0. The monoisotopic (exact) mass is 204 g/mol. The van der Waals surface area contributed by atoms with E-state index in [9.17, 15) is 9.59 Å². The summed E-state index contributed by atoms with van der Waals surface area (Å²) in [5.41, 5.74) is 0.290. The van der Waals surface area contributed by atoms with E-state index in [1.165, 1.54) is 11.0 Å². The fourth-order valence-corrected chi connectivity index (χ4v) is 1.74. The molecule has 1 unspecified atom stereocenters. The van der Waals surface area contributed by atoms with Crippen molar-refractivity contribution in [3.8, 4) is 0 Å². The minimum atomic E-state index is -0.133. The molecule has 1 aliphatic heterocycles. The molecule has 4 nitrogen and oxygen atoms in total. The molecule has 0 saturated carbocycles. The Morgan fingerprint density at radius 2 is 2.33 bits per heavy atom. The number of aromatic amines is 1. The quantitative estimate of drug-likeness (QED) is 0.728. The van der Waals surface area contributed by atoms with E-state index < -0.39 is 0 Å². The zero-order valence-electron chi connectivity index (χ0n) is 8.27. The lowest BCUT2D eigenvalue weighted by Crippen LogP contribution is -2.29. The Kier molecular flexibility index (Phi) is 2.41. The van der Waals surface area contributed by atoms with Crippen molar-refractivity contribution in [3.63, 3.8) is 0 Å². The van der Waals surface area contributed by atoms with Crippen LogP contribution in [0.1, 0.15) is 6.42 Å². The second-order valence-electron chi connectivity index (χ2n) is 3.60. The first kappa shape index (κ1) is 9.71. The number of aromatic nitrogens is 1. The highest BCUT2D eigenvalue weighted by molar-refractivity contribution is 5.95. The topological polar surface area (TPSA) is 53.2 Å². The minimum absolute atomic E-state index is 0.0170. The maximum atomic E-state index is 11.6. The number of carbonyl (C=O) groups is 1. The molecule has 2 rings (SSSR count). The van der Waals surface area contributed by atoms with E-state index in [4.69, 9.17) is 0 Å². The molecular formula is C11H12N2O2. The van der Waals surface area contributed by atoms with Gasteiger partial charge in [-0.05, 0) is 0 Å². The number of amides is 1. The molecule has 78 valence electrons. The molecule has 1 aromatic rings. The predicted octanol–water partition coefficient (Wildman–Crippen LogP) is 0.914. The van der Waals surface area contributed by atoms with Gasteiger partial charge >= 0.3 is 0 Å². The van der Waals surface area contributed by atoms with E-state index in [-0.39, 0.29) is 17.3 Å². The summed E-state index contributed by atoms with van der Waals surface area (Å²) in [4.78, 5) is 27.5. The van der Waals surface area contributed by atoms with Crippen molar-refractivity contribution in [2.24, 2.45) is 5.92 Å². The van der Waals surface area contributed by atoms with Gasteiger partial charge in [0.25, 0.3) is 0 Å². The average molecular weight is 204 g/mol. The summed E-state index contributed by atoms with van der Waals surface area (Å²) in [6.45, 7) is 4.21. The molecule has 0 aliphatic carbocycles. The van der Waals surface area contributed by atoms with Gasteiger partial charge < -0.3 is 9.88 Å².